The van der Waals surface area contributed by atoms with Gasteiger partial charge in [0.25, 0.3) is 0 Å². The van der Waals surface area contributed by atoms with Gasteiger partial charge in [-0.1, -0.05) is 20.8 Å². The van der Waals surface area contributed by atoms with Crippen molar-refractivity contribution in [2.75, 3.05) is 0 Å². The maximum atomic E-state index is 12.7. The van der Waals surface area contributed by atoms with Gasteiger partial charge in [0.1, 0.15) is 0 Å². The molecule has 0 aromatic heterocycles. The lowest BCUT2D eigenvalue weighted by molar-refractivity contribution is -0.144. The summed E-state index contributed by atoms with van der Waals surface area (Å²) >= 11 is 0. The molecule has 0 radical (unpaired) electrons. The molecule has 1 N–H and O–H groups in total. The molecule has 0 aromatic carbocycles. The molecule has 0 saturated heterocycles. The molecule has 2 nitrogen and oxygen atoms in total. The number of allylic oxidation sites excluding steroid dienone is 2. The van der Waals surface area contributed by atoms with Crippen molar-refractivity contribution >= 4 is 5.78 Å². The summed E-state index contributed by atoms with van der Waals surface area (Å²) < 4.78 is 60.1. The van der Waals surface area contributed by atoms with Crippen LogP contribution in [0.25, 0.3) is 0 Å². The zero-order chi connectivity index (χ0) is 17.0. The molecule has 0 fully saturated rings. The molecule has 0 saturated carbocycles. The van der Waals surface area contributed by atoms with Crippen molar-refractivity contribution in [2.45, 2.75) is 52.6 Å². The number of alkyl halides is 3. The molecule has 0 heterocycles. The molecule has 0 aliphatic heterocycles. The molecule has 18 heavy (non-hydrogen) atoms. The first-order valence-corrected chi connectivity index (χ1v) is 5.96. The van der Waals surface area contributed by atoms with Crippen LogP contribution >= 0.6 is 0 Å². The largest absolute Gasteiger partial charge is 0.512 e. The highest BCUT2D eigenvalue weighted by Crippen LogP contribution is 2.30. The number of aliphatic hydroxyl groups excluding tert-OH is 1. The summed E-state index contributed by atoms with van der Waals surface area (Å²) in [5.74, 6) is -4.41. The number of halogens is 3. The van der Waals surface area contributed by atoms with Crippen molar-refractivity contribution in [3.05, 3.63) is 11.8 Å². The summed E-state index contributed by atoms with van der Waals surface area (Å²) in [7, 11) is 0. The van der Waals surface area contributed by atoms with Crippen molar-refractivity contribution in [3.8, 4) is 0 Å². The molecule has 0 rings (SSSR count). The van der Waals surface area contributed by atoms with Crippen LogP contribution in [0.15, 0.2) is 11.8 Å². The Labute approximate surface area is 110 Å². The molecule has 0 aromatic rings. The topological polar surface area (TPSA) is 37.3 Å². The van der Waals surface area contributed by atoms with Crippen LogP contribution in [0.4, 0.5) is 13.2 Å². The van der Waals surface area contributed by atoms with Gasteiger partial charge in [0.05, 0.1) is 13.5 Å². The fourth-order valence-electron chi connectivity index (χ4n) is 1.54. The summed E-state index contributed by atoms with van der Waals surface area (Å²) in [6, 6.07) is -0.927. The van der Waals surface area contributed by atoms with Gasteiger partial charge in [-0.25, -0.2) is 0 Å². The Balaban J connectivity index is 5.67. The standard InChI is InChI=1S/C13H21F3O2/c1-4-9(5-2)11(17)7-12(18)10(6-3)8-13(14,15)16/h7,9-10,18H,4-6,8H2,1-3H3/b12-7-/i7D,8D2. The molecule has 1 unspecified atom stereocenters. The highest BCUT2D eigenvalue weighted by Gasteiger charge is 2.33. The highest BCUT2D eigenvalue weighted by molar-refractivity contribution is 5.92. The summed E-state index contributed by atoms with van der Waals surface area (Å²) in [6.07, 6.45) is -8.48. The van der Waals surface area contributed by atoms with Crippen LogP contribution in [-0.2, 0) is 4.79 Å². The fraction of sp³-hybridized carbons (Fsp3) is 0.769. The van der Waals surface area contributed by atoms with Crippen molar-refractivity contribution in [1.82, 2.24) is 0 Å². The molecule has 5 heteroatoms. The molecule has 0 amide bonds. The van der Waals surface area contributed by atoms with E-state index in [0.717, 1.165) is 0 Å². The van der Waals surface area contributed by atoms with Crippen LogP contribution in [0.2, 0.25) is 0 Å². The third kappa shape index (κ3) is 6.07. The molecular weight excluding hydrogens is 245 g/mol. The van der Waals surface area contributed by atoms with Crippen LogP contribution in [0.5, 0.6) is 0 Å². The van der Waals surface area contributed by atoms with E-state index in [9.17, 15) is 23.1 Å². The van der Waals surface area contributed by atoms with Crippen molar-refractivity contribution in [2.24, 2.45) is 11.8 Å². The molecule has 0 bridgehead atoms. The normalized spacial score (nSPS) is 18.7. The van der Waals surface area contributed by atoms with Crippen molar-refractivity contribution in [1.29, 1.82) is 0 Å². The zero-order valence-corrected chi connectivity index (χ0v) is 10.8. The lowest BCUT2D eigenvalue weighted by atomic mass is 9.94. The van der Waals surface area contributed by atoms with Gasteiger partial charge in [-0.3, -0.25) is 4.79 Å². The van der Waals surface area contributed by atoms with Gasteiger partial charge in [0.2, 0.25) is 0 Å². The molecule has 1 atom stereocenters. The Bertz CT molecular complexity index is 402. The Kier molecular flexibility index (Phi) is 4.98. The van der Waals surface area contributed by atoms with Gasteiger partial charge in [0, 0.05) is 20.6 Å². The average Bonchev–Trinajstić information content (AvgIpc) is 2.38. The van der Waals surface area contributed by atoms with E-state index in [1.807, 2.05) is 0 Å². The molecular formula is C13H21F3O2. The number of carbonyl (C=O) groups excluding carboxylic acids is 1. The SMILES string of the molecule is [2H]/C(C(=O)C(CC)CC)=C(/O)C(CC)C([2H])([2H])C(F)(F)F. The van der Waals surface area contributed by atoms with Crippen LogP contribution in [0.3, 0.4) is 0 Å². The van der Waals surface area contributed by atoms with Gasteiger partial charge in [-0.2, -0.15) is 13.2 Å². The Morgan fingerprint density at radius 1 is 1.28 bits per heavy atom. The Hall–Kier alpha value is -1.00. The first kappa shape index (κ1) is 12.1. The fourth-order valence-corrected chi connectivity index (χ4v) is 1.54. The summed E-state index contributed by atoms with van der Waals surface area (Å²) in [4.78, 5) is 11.9. The number of aliphatic hydroxyl groups is 1. The number of carbonyl (C=O) groups is 1. The monoisotopic (exact) mass is 269 g/mol. The molecule has 0 spiro atoms. The molecule has 0 aliphatic rings. The predicted octanol–water partition coefficient (Wildman–Crippen LogP) is 4.41. The van der Waals surface area contributed by atoms with Crippen LogP contribution in [0, 0.1) is 11.8 Å². The summed E-state index contributed by atoms with van der Waals surface area (Å²) in [5, 5.41) is 9.82. The third-order valence-electron chi connectivity index (χ3n) is 2.68. The maximum absolute atomic E-state index is 12.7. The first-order valence-electron chi connectivity index (χ1n) is 7.46. The average molecular weight is 269 g/mol. The van der Waals surface area contributed by atoms with E-state index in [4.69, 9.17) is 4.11 Å². The quantitative estimate of drug-likeness (QED) is 0.549. The van der Waals surface area contributed by atoms with Crippen LogP contribution in [-0.4, -0.2) is 17.1 Å². The summed E-state index contributed by atoms with van der Waals surface area (Å²) in [5.41, 5.74) is 0. The molecule has 0 aliphatic carbocycles. The first-order chi connectivity index (χ1) is 9.45. The minimum atomic E-state index is -5.19. The lowest BCUT2D eigenvalue weighted by Gasteiger charge is -2.17. The Morgan fingerprint density at radius 2 is 1.72 bits per heavy atom. The second kappa shape index (κ2) is 7.44. The van der Waals surface area contributed by atoms with Gasteiger partial charge < -0.3 is 5.11 Å². The number of ketones is 1. The van der Waals surface area contributed by atoms with E-state index < -0.39 is 42.0 Å². The summed E-state index contributed by atoms with van der Waals surface area (Å²) in [6.45, 7) is 4.66. The highest BCUT2D eigenvalue weighted by atomic mass is 19.4. The zero-order valence-electron chi connectivity index (χ0n) is 13.8. The van der Waals surface area contributed by atoms with E-state index in [-0.39, 0.29) is 6.42 Å². The van der Waals surface area contributed by atoms with E-state index in [1.165, 1.54) is 6.92 Å². The third-order valence-corrected chi connectivity index (χ3v) is 2.68. The van der Waals surface area contributed by atoms with Gasteiger partial charge in [-0.05, 0) is 19.3 Å². The molecule has 106 valence electrons. The number of hydrogen-bond acceptors (Lipinski definition) is 2. The lowest BCUT2D eigenvalue weighted by Crippen LogP contribution is -2.18. The maximum Gasteiger partial charge on any atom is 0.389 e. The van der Waals surface area contributed by atoms with E-state index in [2.05, 4.69) is 0 Å². The van der Waals surface area contributed by atoms with E-state index >= 15 is 0 Å². The number of rotatable bonds is 7. The second-order valence-corrected chi connectivity index (χ2v) is 3.99. The number of hydrogen-bond donors (Lipinski definition) is 1. The van der Waals surface area contributed by atoms with Crippen LogP contribution < -0.4 is 0 Å². The predicted molar refractivity (Wildman–Crippen MR) is 64.2 cm³/mol. The van der Waals surface area contributed by atoms with Gasteiger partial charge in [0.15, 0.2) is 5.78 Å². The van der Waals surface area contributed by atoms with Gasteiger partial charge in [-0.15, -0.1) is 0 Å². The minimum Gasteiger partial charge on any atom is -0.512 e. The minimum absolute atomic E-state index is 0.378. The van der Waals surface area contributed by atoms with Crippen molar-refractivity contribution < 1.29 is 27.2 Å². The Morgan fingerprint density at radius 3 is 2.06 bits per heavy atom. The van der Waals surface area contributed by atoms with E-state index in [1.54, 1.807) is 13.8 Å². The second-order valence-electron chi connectivity index (χ2n) is 3.99. The van der Waals surface area contributed by atoms with Gasteiger partial charge >= 0.3 is 6.18 Å². The van der Waals surface area contributed by atoms with Crippen LogP contribution in [0.1, 0.15) is 50.5 Å². The van der Waals surface area contributed by atoms with Crippen molar-refractivity contribution in [3.63, 3.8) is 0 Å². The van der Waals surface area contributed by atoms with E-state index in [0.29, 0.717) is 12.8 Å². The smallest absolute Gasteiger partial charge is 0.389 e.